The maximum atomic E-state index is 11.9. The number of aromatic amines is 1. The Labute approximate surface area is 132 Å². The van der Waals surface area contributed by atoms with Gasteiger partial charge in [0, 0.05) is 47.8 Å². The average molecular weight is 303 g/mol. The summed E-state index contributed by atoms with van der Waals surface area (Å²) < 4.78 is 0. The second-order valence-electron chi connectivity index (χ2n) is 5.46. The van der Waals surface area contributed by atoms with Crippen molar-refractivity contribution in [3.63, 3.8) is 0 Å². The fraction of sp³-hybridized carbons (Fsp3) is 0.176. The number of hydrogen-bond donors (Lipinski definition) is 1. The third kappa shape index (κ3) is 2.14. The maximum absolute atomic E-state index is 11.9. The van der Waals surface area contributed by atoms with Crippen molar-refractivity contribution < 1.29 is 4.79 Å². The summed E-state index contributed by atoms with van der Waals surface area (Å²) in [5, 5.41) is 11.8. The van der Waals surface area contributed by atoms with Crippen LogP contribution in [0.3, 0.4) is 0 Å². The summed E-state index contributed by atoms with van der Waals surface area (Å²) in [7, 11) is 0. The Morgan fingerprint density at radius 1 is 1.39 bits per heavy atom. The highest BCUT2D eigenvalue weighted by atomic mass is 16.2. The molecule has 0 aliphatic carbocycles. The first-order valence-electron chi connectivity index (χ1n) is 7.33. The van der Waals surface area contributed by atoms with Crippen molar-refractivity contribution in [2.45, 2.75) is 6.42 Å². The normalized spacial score (nSPS) is 14.2. The lowest BCUT2D eigenvalue weighted by molar-refractivity contribution is -0.128. The Hall–Kier alpha value is -3.20. The Bertz CT molecular complexity index is 995. The number of nitriles is 1. The van der Waals surface area contributed by atoms with Crippen LogP contribution in [0.2, 0.25) is 0 Å². The second kappa shape index (κ2) is 5.21. The van der Waals surface area contributed by atoms with Gasteiger partial charge in [-0.05, 0) is 17.7 Å². The van der Waals surface area contributed by atoms with E-state index in [0.29, 0.717) is 18.7 Å². The third-order valence-electron chi connectivity index (χ3n) is 4.13. The first-order chi connectivity index (χ1) is 11.3. The van der Waals surface area contributed by atoms with E-state index in [4.69, 9.17) is 5.26 Å². The van der Waals surface area contributed by atoms with Gasteiger partial charge in [-0.2, -0.15) is 5.26 Å². The minimum atomic E-state index is -0.138. The van der Waals surface area contributed by atoms with Gasteiger partial charge >= 0.3 is 0 Å². The van der Waals surface area contributed by atoms with E-state index in [1.54, 1.807) is 11.1 Å². The molecule has 0 saturated carbocycles. The molecule has 0 bridgehead atoms. The van der Waals surface area contributed by atoms with Gasteiger partial charge in [0.15, 0.2) is 5.65 Å². The number of carbonyl (C=O) groups excluding carboxylic acids is 1. The fourth-order valence-corrected chi connectivity index (χ4v) is 3.03. The summed E-state index contributed by atoms with van der Waals surface area (Å²) in [5.74, 6) is -0.138. The molecule has 0 fully saturated rings. The molecule has 3 aromatic rings. The van der Waals surface area contributed by atoms with Gasteiger partial charge in [0.25, 0.3) is 0 Å². The van der Waals surface area contributed by atoms with Crippen LogP contribution < -0.4 is 0 Å². The van der Waals surface area contributed by atoms with Crippen LogP contribution in [0.25, 0.3) is 27.4 Å². The van der Waals surface area contributed by atoms with Crippen LogP contribution in [0, 0.1) is 11.3 Å². The Balaban J connectivity index is 1.80. The van der Waals surface area contributed by atoms with E-state index < -0.39 is 0 Å². The molecule has 0 saturated heterocycles. The van der Waals surface area contributed by atoms with Gasteiger partial charge in [-0.15, -0.1) is 0 Å². The van der Waals surface area contributed by atoms with Crippen molar-refractivity contribution in [1.29, 1.82) is 5.26 Å². The Morgan fingerprint density at radius 3 is 3.17 bits per heavy atom. The minimum Gasteiger partial charge on any atom is -0.361 e. The number of carbonyl (C=O) groups is 1. The second-order valence-corrected chi connectivity index (χ2v) is 5.46. The largest absolute Gasteiger partial charge is 0.361 e. The van der Waals surface area contributed by atoms with Gasteiger partial charge in [-0.3, -0.25) is 4.79 Å². The number of hydrogen-bond acceptors (Lipinski definition) is 4. The first-order valence-corrected chi connectivity index (χ1v) is 7.33. The van der Waals surface area contributed by atoms with Crippen LogP contribution >= 0.6 is 0 Å². The van der Waals surface area contributed by atoms with E-state index in [9.17, 15) is 4.79 Å². The highest BCUT2D eigenvalue weighted by Gasteiger charge is 2.22. The van der Waals surface area contributed by atoms with Crippen LogP contribution in [-0.4, -0.2) is 38.8 Å². The van der Waals surface area contributed by atoms with Gasteiger partial charge in [0.2, 0.25) is 5.91 Å². The van der Waals surface area contributed by atoms with Crippen molar-refractivity contribution in [2.75, 3.05) is 13.1 Å². The Morgan fingerprint density at radius 2 is 2.30 bits per heavy atom. The molecule has 3 aromatic heterocycles. The van der Waals surface area contributed by atoms with Crippen LogP contribution in [-0.2, 0) is 4.79 Å². The lowest BCUT2D eigenvalue weighted by Gasteiger charge is -2.15. The standard InChI is InChI=1S/C17H13N5O/c18-5-1-14(23)22-8-4-12(10-22)16-15-11(2-6-19-16)9-21-17-13(15)3-7-20-17/h2-4,6-7,9,19H,1,8,10H2. The van der Waals surface area contributed by atoms with Gasteiger partial charge in [0.05, 0.1) is 11.8 Å². The van der Waals surface area contributed by atoms with Crippen LogP contribution in [0.5, 0.6) is 0 Å². The molecule has 1 aliphatic heterocycles. The van der Waals surface area contributed by atoms with Crippen molar-refractivity contribution in [1.82, 2.24) is 19.9 Å². The molecule has 0 atom stereocenters. The molecule has 0 aromatic carbocycles. The zero-order valence-electron chi connectivity index (χ0n) is 12.3. The van der Waals surface area contributed by atoms with Crippen LogP contribution in [0.4, 0.5) is 0 Å². The third-order valence-corrected chi connectivity index (χ3v) is 4.13. The van der Waals surface area contributed by atoms with E-state index in [-0.39, 0.29) is 12.3 Å². The molecule has 1 N–H and O–H groups in total. The molecule has 0 radical (unpaired) electrons. The minimum absolute atomic E-state index is 0.0820. The molecular formula is C17H13N5O. The zero-order chi connectivity index (χ0) is 15.8. The smallest absolute Gasteiger partial charge is 0.237 e. The molecule has 4 rings (SSSR count). The highest BCUT2D eigenvalue weighted by molar-refractivity contribution is 6.09. The van der Waals surface area contributed by atoms with Crippen molar-refractivity contribution in [2.24, 2.45) is 0 Å². The lowest BCUT2D eigenvalue weighted by Crippen LogP contribution is -2.28. The van der Waals surface area contributed by atoms with Crippen molar-refractivity contribution in [3.8, 4) is 6.07 Å². The van der Waals surface area contributed by atoms with E-state index in [1.807, 2.05) is 36.7 Å². The SMILES string of the molecule is N#CCC(=O)N1CC=C(c2[nH]ccc3cnc4nccc4c23)C1. The summed E-state index contributed by atoms with van der Waals surface area (Å²) in [6.07, 6.45) is 7.39. The van der Waals surface area contributed by atoms with Crippen molar-refractivity contribution >= 4 is 33.3 Å². The molecule has 112 valence electrons. The predicted molar refractivity (Wildman–Crippen MR) is 86.2 cm³/mol. The van der Waals surface area contributed by atoms with E-state index in [2.05, 4.69) is 15.0 Å². The van der Waals surface area contributed by atoms with E-state index in [0.717, 1.165) is 27.4 Å². The van der Waals surface area contributed by atoms with Gasteiger partial charge in [0.1, 0.15) is 6.42 Å². The highest BCUT2D eigenvalue weighted by Crippen LogP contribution is 2.31. The van der Waals surface area contributed by atoms with Gasteiger partial charge in [-0.1, -0.05) is 6.08 Å². The quantitative estimate of drug-likeness (QED) is 0.786. The Kier molecular flexibility index (Phi) is 3.05. The molecule has 6 heteroatoms. The summed E-state index contributed by atoms with van der Waals surface area (Å²) in [6, 6.07) is 5.84. The topological polar surface area (TPSA) is 85.7 Å². The van der Waals surface area contributed by atoms with Crippen molar-refractivity contribution in [3.05, 3.63) is 42.5 Å². The fourth-order valence-electron chi connectivity index (χ4n) is 3.03. The summed E-state index contributed by atoms with van der Waals surface area (Å²) in [4.78, 5) is 25.5. The number of rotatable bonds is 2. The number of pyridine rings is 2. The molecule has 4 heterocycles. The van der Waals surface area contributed by atoms with Crippen LogP contribution in [0.15, 0.2) is 36.8 Å². The zero-order valence-corrected chi connectivity index (χ0v) is 12.3. The summed E-state index contributed by atoms with van der Waals surface area (Å²) in [6.45, 7) is 1.04. The molecule has 1 amide bonds. The summed E-state index contributed by atoms with van der Waals surface area (Å²) in [5.41, 5.74) is 2.75. The van der Waals surface area contributed by atoms with E-state index >= 15 is 0 Å². The van der Waals surface area contributed by atoms with Gasteiger partial charge < -0.3 is 9.88 Å². The monoisotopic (exact) mass is 303 g/mol. The molecule has 23 heavy (non-hydrogen) atoms. The number of fused-ring (bicyclic) bond motifs is 3. The molecule has 6 nitrogen and oxygen atoms in total. The number of H-pyrrole nitrogens is 1. The summed E-state index contributed by atoms with van der Waals surface area (Å²) >= 11 is 0. The van der Waals surface area contributed by atoms with Gasteiger partial charge in [-0.25, -0.2) is 9.97 Å². The molecule has 1 aliphatic rings. The number of amides is 1. The average Bonchev–Trinajstić information content (AvgIpc) is 3.23. The van der Waals surface area contributed by atoms with E-state index in [1.165, 1.54) is 0 Å². The molecule has 0 spiro atoms. The number of nitrogens with one attached hydrogen (secondary N) is 1. The number of aromatic nitrogens is 3. The lowest BCUT2D eigenvalue weighted by atomic mass is 10.0. The first kappa shape index (κ1) is 13.5. The maximum Gasteiger partial charge on any atom is 0.237 e. The number of nitrogens with zero attached hydrogens (tertiary/aromatic N) is 4. The molecular weight excluding hydrogens is 290 g/mol. The predicted octanol–water partition coefficient (Wildman–Crippen LogP) is 2.25. The van der Waals surface area contributed by atoms with Crippen LogP contribution in [0.1, 0.15) is 12.1 Å². The molecule has 0 unspecified atom stereocenters.